The van der Waals surface area contributed by atoms with E-state index in [-0.39, 0.29) is 11.6 Å². The Morgan fingerprint density at radius 3 is 2.08 bits per heavy atom. The number of nitro benzene ring substituents is 1. The van der Waals surface area contributed by atoms with Crippen LogP contribution in [0.3, 0.4) is 0 Å². The van der Waals surface area contributed by atoms with E-state index < -0.39 is 4.92 Å². The van der Waals surface area contributed by atoms with Crippen LogP contribution in [0.1, 0.15) is 21.5 Å². The second-order valence-electron chi connectivity index (χ2n) is 8.01. The summed E-state index contributed by atoms with van der Waals surface area (Å²) in [6, 6.07) is 34.3. The number of amides is 1. The first-order chi connectivity index (χ1) is 17.6. The molecule has 0 aliphatic heterocycles. The number of hydrogen-bond donors (Lipinski definition) is 1. The average molecular weight is 473 g/mol. The molecule has 5 rings (SSSR count). The summed E-state index contributed by atoms with van der Waals surface area (Å²) >= 11 is 0. The van der Waals surface area contributed by atoms with E-state index in [0.717, 1.165) is 11.1 Å². The van der Waals surface area contributed by atoms with E-state index in [1.165, 1.54) is 12.1 Å². The maximum Gasteiger partial charge on any atom is 0.272 e. The van der Waals surface area contributed by atoms with Crippen LogP contribution < -0.4 is 5.43 Å². The van der Waals surface area contributed by atoms with Gasteiger partial charge in [0.05, 0.1) is 27.4 Å². The predicted molar refractivity (Wildman–Crippen MR) is 140 cm³/mol. The number of non-ortho nitro benzene ring substituents is 1. The Bertz CT molecular complexity index is 1580. The number of pyridine rings is 1. The Balaban J connectivity index is 1.55. The molecule has 0 unspecified atom stereocenters. The zero-order chi connectivity index (χ0) is 24.9. The van der Waals surface area contributed by atoms with Gasteiger partial charge in [0, 0.05) is 34.2 Å². The number of benzene rings is 4. The van der Waals surface area contributed by atoms with Crippen molar-refractivity contribution < 1.29 is 9.72 Å². The second kappa shape index (κ2) is 9.99. The van der Waals surface area contributed by atoms with Crippen LogP contribution in [0.4, 0.5) is 5.69 Å². The molecule has 1 heterocycles. The Kier molecular flexibility index (Phi) is 6.27. The number of nitro groups is 1. The van der Waals surface area contributed by atoms with Crippen LogP contribution in [0, 0.1) is 10.1 Å². The first-order valence-electron chi connectivity index (χ1n) is 11.2. The smallest absolute Gasteiger partial charge is 0.267 e. The van der Waals surface area contributed by atoms with Crippen molar-refractivity contribution in [3.8, 4) is 11.3 Å². The van der Waals surface area contributed by atoms with Gasteiger partial charge in [0.1, 0.15) is 0 Å². The molecule has 1 aromatic heterocycles. The van der Waals surface area contributed by atoms with Crippen LogP contribution in [0.5, 0.6) is 0 Å². The molecule has 1 amide bonds. The molecule has 7 nitrogen and oxygen atoms in total. The minimum atomic E-state index is -0.455. The minimum absolute atomic E-state index is 0.0214. The Morgan fingerprint density at radius 2 is 1.39 bits per heavy atom. The fourth-order valence-electron chi connectivity index (χ4n) is 3.92. The van der Waals surface area contributed by atoms with Gasteiger partial charge in [-0.3, -0.25) is 14.9 Å². The lowest BCUT2D eigenvalue weighted by Gasteiger charge is -2.11. The third-order valence-electron chi connectivity index (χ3n) is 5.70. The summed E-state index contributed by atoms with van der Waals surface area (Å²) in [5.74, 6) is -0.388. The van der Waals surface area contributed by atoms with Crippen molar-refractivity contribution in [1.82, 2.24) is 10.4 Å². The van der Waals surface area contributed by atoms with E-state index in [4.69, 9.17) is 4.98 Å². The van der Waals surface area contributed by atoms with Gasteiger partial charge in [0.25, 0.3) is 11.6 Å². The molecule has 0 radical (unpaired) electrons. The molecule has 4 aromatic carbocycles. The van der Waals surface area contributed by atoms with Gasteiger partial charge in [-0.15, -0.1) is 0 Å². The van der Waals surface area contributed by atoms with E-state index in [1.54, 1.807) is 18.2 Å². The van der Waals surface area contributed by atoms with Crippen LogP contribution in [0.15, 0.2) is 120 Å². The van der Waals surface area contributed by atoms with Crippen molar-refractivity contribution in [2.45, 2.75) is 0 Å². The highest BCUT2D eigenvalue weighted by molar-refractivity contribution is 6.14. The van der Waals surface area contributed by atoms with Crippen LogP contribution >= 0.6 is 0 Å². The lowest BCUT2D eigenvalue weighted by atomic mass is 10.0. The van der Waals surface area contributed by atoms with Gasteiger partial charge in [-0.2, -0.15) is 5.10 Å². The standard InChI is InChI=1S/C29H20N4O3/c34-29(25-19-27(20-9-3-1-4-10-20)30-26-14-8-7-13-24(25)26)32-31-28(21-11-5-2-6-12-21)22-15-17-23(18-16-22)33(35)36/h1-19H,(H,32,34). The van der Waals surface area contributed by atoms with Gasteiger partial charge in [-0.1, -0.05) is 78.9 Å². The highest BCUT2D eigenvalue weighted by Gasteiger charge is 2.15. The zero-order valence-electron chi connectivity index (χ0n) is 19.0. The van der Waals surface area contributed by atoms with Gasteiger partial charge in [0.15, 0.2) is 0 Å². The summed E-state index contributed by atoms with van der Waals surface area (Å²) in [4.78, 5) is 28.8. The largest absolute Gasteiger partial charge is 0.272 e. The fraction of sp³-hybridized carbons (Fsp3) is 0. The molecule has 0 atom stereocenters. The average Bonchev–Trinajstić information content (AvgIpc) is 2.93. The van der Waals surface area contributed by atoms with Crippen molar-refractivity contribution in [3.63, 3.8) is 0 Å². The van der Waals surface area contributed by atoms with E-state index in [1.807, 2.05) is 84.9 Å². The van der Waals surface area contributed by atoms with Crippen molar-refractivity contribution in [1.29, 1.82) is 0 Å². The molecule has 5 aromatic rings. The van der Waals surface area contributed by atoms with Crippen LogP contribution in [-0.4, -0.2) is 21.5 Å². The molecule has 0 bridgehead atoms. The lowest BCUT2D eigenvalue weighted by Crippen LogP contribution is -2.21. The molecule has 1 N–H and O–H groups in total. The van der Waals surface area contributed by atoms with Crippen molar-refractivity contribution in [2.24, 2.45) is 5.10 Å². The topological polar surface area (TPSA) is 97.5 Å². The normalized spacial score (nSPS) is 11.3. The van der Waals surface area contributed by atoms with E-state index in [0.29, 0.717) is 33.4 Å². The third-order valence-corrected chi connectivity index (χ3v) is 5.70. The van der Waals surface area contributed by atoms with Gasteiger partial charge < -0.3 is 0 Å². The number of hydrogen-bond acceptors (Lipinski definition) is 5. The Morgan fingerprint density at radius 1 is 0.778 bits per heavy atom. The maximum absolute atomic E-state index is 13.4. The summed E-state index contributed by atoms with van der Waals surface area (Å²) < 4.78 is 0. The first kappa shape index (κ1) is 22.6. The molecular formula is C29H20N4O3. The van der Waals surface area contributed by atoms with Crippen LogP contribution in [0.2, 0.25) is 0 Å². The monoisotopic (exact) mass is 472 g/mol. The second-order valence-corrected chi connectivity index (χ2v) is 8.01. The first-order valence-corrected chi connectivity index (χ1v) is 11.2. The molecular weight excluding hydrogens is 452 g/mol. The number of para-hydroxylation sites is 1. The number of rotatable bonds is 6. The van der Waals surface area contributed by atoms with Gasteiger partial charge in [-0.25, -0.2) is 10.4 Å². The van der Waals surface area contributed by atoms with Gasteiger partial charge in [-0.05, 0) is 24.3 Å². The molecule has 0 fully saturated rings. The van der Waals surface area contributed by atoms with E-state index >= 15 is 0 Å². The SMILES string of the molecule is O=C(NN=C(c1ccccc1)c1ccc([N+](=O)[O-])cc1)c1cc(-c2ccccc2)nc2ccccc12. The quantitative estimate of drug-likeness (QED) is 0.186. The van der Waals surface area contributed by atoms with Gasteiger partial charge in [0.2, 0.25) is 0 Å². The number of hydrazone groups is 1. The summed E-state index contributed by atoms with van der Waals surface area (Å²) in [5, 5.41) is 16.2. The maximum atomic E-state index is 13.4. The molecule has 7 heteroatoms. The molecule has 0 aliphatic rings. The minimum Gasteiger partial charge on any atom is -0.267 e. The van der Waals surface area contributed by atoms with Crippen LogP contribution in [0.25, 0.3) is 22.2 Å². The Labute approximate surface area is 206 Å². The molecule has 0 spiro atoms. The summed E-state index contributed by atoms with van der Waals surface area (Å²) in [5.41, 5.74) is 7.28. The van der Waals surface area contributed by atoms with Gasteiger partial charge >= 0.3 is 0 Å². The molecule has 0 saturated heterocycles. The number of carbonyl (C=O) groups excluding carboxylic acids is 1. The van der Waals surface area contributed by atoms with Crippen molar-refractivity contribution >= 4 is 28.2 Å². The molecule has 174 valence electrons. The number of fused-ring (bicyclic) bond motifs is 1. The van der Waals surface area contributed by atoms with Crippen LogP contribution in [-0.2, 0) is 0 Å². The number of aromatic nitrogens is 1. The van der Waals surface area contributed by atoms with Crippen molar-refractivity contribution in [3.05, 3.63) is 142 Å². The fourth-order valence-corrected chi connectivity index (χ4v) is 3.92. The summed E-state index contributed by atoms with van der Waals surface area (Å²) in [6.07, 6.45) is 0. The highest BCUT2D eigenvalue weighted by atomic mass is 16.6. The number of carbonyl (C=O) groups is 1. The van der Waals surface area contributed by atoms with Crippen molar-refractivity contribution in [2.75, 3.05) is 0 Å². The lowest BCUT2D eigenvalue weighted by molar-refractivity contribution is -0.384. The number of nitrogens with one attached hydrogen (secondary N) is 1. The molecule has 0 aliphatic carbocycles. The summed E-state index contributed by atoms with van der Waals surface area (Å²) in [6.45, 7) is 0. The van der Waals surface area contributed by atoms with E-state index in [2.05, 4.69) is 10.5 Å². The number of nitrogens with zero attached hydrogens (tertiary/aromatic N) is 3. The summed E-state index contributed by atoms with van der Waals surface area (Å²) in [7, 11) is 0. The molecule has 0 saturated carbocycles. The van der Waals surface area contributed by atoms with E-state index in [9.17, 15) is 14.9 Å². The predicted octanol–water partition coefficient (Wildman–Crippen LogP) is 5.99. The Hall–Kier alpha value is -5.17. The third kappa shape index (κ3) is 4.71. The molecule has 36 heavy (non-hydrogen) atoms. The highest BCUT2D eigenvalue weighted by Crippen LogP contribution is 2.25. The zero-order valence-corrected chi connectivity index (χ0v) is 19.0.